The molecule has 0 amide bonds. The van der Waals surface area contributed by atoms with Crippen LogP contribution in [0.15, 0.2) is 85.2 Å². The molecule has 0 radical (unpaired) electrons. The Labute approximate surface area is 237 Å². The number of pyridine rings is 1. The largest absolute Gasteiger partial charge is 0.495 e. The highest BCUT2D eigenvalue weighted by molar-refractivity contribution is 7.92. The van der Waals surface area contributed by atoms with E-state index in [0.29, 0.717) is 27.8 Å². The summed E-state index contributed by atoms with van der Waals surface area (Å²) in [7, 11) is -0.752. The van der Waals surface area contributed by atoms with Gasteiger partial charge in [-0.3, -0.25) is 9.71 Å². The zero-order chi connectivity index (χ0) is 28.4. The average molecular weight is 578 g/mol. The minimum atomic E-state index is -3.57. The molecule has 1 aliphatic rings. The number of hydrogen-bond acceptors (Lipinski definition) is 7. The van der Waals surface area contributed by atoms with Gasteiger partial charge in [0.25, 0.3) is 0 Å². The molecule has 1 aliphatic heterocycles. The van der Waals surface area contributed by atoms with E-state index in [4.69, 9.17) is 21.7 Å². The summed E-state index contributed by atoms with van der Waals surface area (Å²) in [6.45, 7) is 0. The number of anilines is 2. The van der Waals surface area contributed by atoms with Crippen molar-refractivity contribution in [2.75, 3.05) is 30.1 Å². The second kappa shape index (κ2) is 11.0. The van der Waals surface area contributed by atoms with Gasteiger partial charge >= 0.3 is 5.97 Å². The molecule has 2 N–H and O–H groups in total. The summed E-state index contributed by atoms with van der Waals surface area (Å²) in [5.41, 5.74) is 3.90. The summed E-state index contributed by atoms with van der Waals surface area (Å²) in [6.07, 6.45) is 4.74. The Balaban J connectivity index is 1.64. The molecule has 5 rings (SSSR count). The van der Waals surface area contributed by atoms with Crippen molar-refractivity contribution in [3.8, 4) is 11.4 Å². The third-order valence-corrected chi connectivity index (χ3v) is 7.41. The molecule has 10 nitrogen and oxygen atoms in total. The first-order valence-corrected chi connectivity index (χ1v) is 14.5. The highest BCUT2D eigenvalue weighted by atomic mass is 32.2. The molecule has 12 heteroatoms. The minimum Gasteiger partial charge on any atom is -0.495 e. The molecule has 3 heterocycles. The first kappa shape index (κ1) is 27.2. The molecule has 0 unspecified atom stereocenters. The van der Waals surface area contributed by atoms with E-state index in [9.17, 15) is 13.2 Å². The van der Waals surface area contributed by atoms with E-state index in [1.807, 2.05) is 64.2 Å². The molecule has 1 fully saturated rings. The van der Waals surface area contributed by atoms with Crippen molar-refractivity contribution < 1.29 is 22.7 Å². The monoisotopic (exact) mass is 577 g/mol. The van der Waals surface area contributed by atoms with Crippen LogP contribution in [0.3, 0.4) is 0 Å². The van der Waals surface area contributed by atoms with Gasteiger partial charge in [-0.15, -0.1) is 0 Å². The Morgan fingerprint density at radius 2 is 1.77 bits per heavy atom. The van der Waals surface area contributed by atoms with E-state index in [1.54, 1.807) is 30.5 Å². The summed E-state index contributed by atoms with van der Waals surface area (Å²) in [4.78, 5) is 18.5. The maximum absolute atomic E-state index is 12.1. The van der Waals surface area contributed by atoms with Crippen LogP contribution in [0.1, 0.15) is 33.8 Å². The number of ether oxygens (including phenoxy) is 2. The molecule has 40 heavy (non-hydrogen) atoms. The zero-order valence-corrected chi connectivity index (χ0v) is 23.6. The second-order valence-corrected chi connectivity index (χ2v) is 11.2. The highest BCUT2D eigenvalue weighted by Crippen LogP contribution is 2.43. The van der Waals surface area contributed by atoms with E-state index < -0.39 is 16.0 Å². The van der Waals surface area contributed by atoms with Crippen molar-refractivity contribution in [1.82, 2.24) is 14.9 Å². The Kier molecular flexibility index (Phi) is 7.46. The minimum absolute atomic E-state index is 0.291. The smallest absolute Gasteiger partial charge is 0.337 e. The molecule has 0 bridgehead atoms. The van der Waals surface area contributed by atoms with Crippen LogP contribution in [-0.4, -0.2) is 49.5 Å². The highest BCUT2D eigenvalue weighted by Gasteiger charge is 2.42. The number of rotatable bonds is 8. The lowest BCUT2D eigenvalue weighted by atomic mass is 10.0. The fourth-order valence-corrected chi connectivity index (χ4v) is 5.71. The van der Waals surface area contributed by atoms with Crippen molar-refractivity contribution >= 4 is 44.7 Å². The topological polar surface area (TPSA) is 115 Å². The summed E-state index contributed by atoms with van der Waals surface area (Å²) in [5, 5.41) is 3.86. The van der Waals surface area contributed by atoms with Crippen molar-refractivity contribution in [1.29, 1.82) is 0 Å². The van der Waals surface area contributed by atoms with Gasteiger partial charge in [-0.05, 0) is 78.9 Å². The zero-order valence-electron chi connectivity index (χ0n) is 21.9. The van der Waals surface area contributed by atoms with E-state index in [-0.39, 0.29) is 12.1 Å². The molecule has 2 atom stereocenters. The van der Waals surface area contributed by atoms with Gasteiger partial charge in [0.1, 0.15) is 11.8 Å². The van der Waals surface area contributed by atoms with Gasteiger partial charge in [0.05, 0.1) is 43.5 Å². The third kappa shape index (κ3) is 5.36. The van der Waals surface area contributed by atoms with E-state index >= 15 is 0 Å². The van der Waals surface area contributed by atoms with Gasteiger partial charge in [0, 0.05) is 29.5 Å². The van der Waals surface area contributed by atoms with Gasteiger partial charge in [0.2, 0.25) is 10.0 Å². The Hall–Kier alpha value is -4.42. The van der Waals surface area contributed by atoms with Crippen LogP contribution in [0.4, 0.5) is 11.4 Å². The maximum Gasteiger partial charge on any atom is 0.337 e. The molecule has 0 spiro atoms. The average Bonchev–Trinajstić information content (AvgIpc) is 3.56. The number of benzene rings is 2. The van der Waals surface area contributed by atoms with E-state index in [0.717, 1.165) is 23.3 Å². The summed E-state index contributed by atoms with van der Waals surface area (Å²) < 4.78 is 38.9. The van der Waals surface area contributed by atoms with Gasteiger partial charge in [-0.2, -0.15) is 0 Å². The first-order valence-electron chi connectivity index (χ1n) is 12.2. The number of carbonyl (C=O) groups is 1. The molecule has 4 aromatic rings. The number of thiocarbonyl (C=S) groups is 1. The number of carbonyl (C=O) groups excluding carboxylic acids is 1. The quantitative estimate of drug-likeness (QED) is 0.235. The second-order valence-electron chi connectivity index (χ2n) is 9.10. The Morgan fingerprint density at radius 3 is 2.42 bits per heavy atom. The molecule has 0 aliphatic carbocycles. The van der Waals surface area contributed by atoms with Crippen LogP contribution in [0.25, 0.3) is 5.69 Å². The molecule has 2 aromatic carbocycles. The lowest BCUT2D eigenvalue weighted by molar-refractivity contribution is 0.0600. The summed E-state index contributed by atoms with van der Waals surface area (Å²) in [6, 6.07) is 21.2. The van der Waals surface area contributed by atoms with Crippen LogP contribution >= 0.6 is 12.2 Å². The number of methoxy groups -OCH3 is 2. The van der Waals surface area contributed by atoms with Crippen LogP contribution in [0.5, 0.6) is 5.75 Å². The molecule has 206 valence electrons. The maximum atomic E-state index is 12.1. The Bertz CT molecular complexity index is 1660. The Morgan fingerprint density at radius 1 is 1.02 bits per heavy atom. The van der Waals surface area contributed by atoms with Gasteiger partial charge < -0.3 is 24.3 Å². The predicted molar refractivity (Wildman–Crippen MR) is 157 cm³/mol. The van der Waals surface area contributed by atoms with Crippen LogP contribution < -0.4 is 19.7 Å². The first-order chi connectivity index (χ1) is 19.2. The fourth-order valence-electron chi connectivity index (χ4n) is 4.80. The number of hydrogen-bond donors (Lipinski definition) is 2. The number of aromatic nitrogens is 2. The molecule has 2 aromatic heterocycles. The SMILES string of the molecule is COC(=O)c1ccc(-n2cccc2[C@@H]2[C@H](c3ccccn3)NC(=S)N2c2ccc(OC)c(NS(C)(=O)=O)c2)cc1. The van der Waals surface area contributed by atoms with Crippen molar-refractivity contribution in [2.45, 2.75) is 12.1 Å². The lowest BCUT2D eigenvalue weighted by Gasteiger charge is -2.29. The third-order valence-electron chi connectivity index (χ3n) is 6.50. The molecule has 1 saturated heterocycles. The lowest BCUT2D eigenvalue weighted by Crippen LogP contribution is -2.30. The van der Waals surface area contributed by atoms with Gasteiger partial charge in [0.15, 0.2) is 5.11 Å². The predicted octanol–water partition coefficient (Wildman–Crippen LogP) is 4.22. The molecule has 0 saturated carbocycles. The van der Waals surface area contributed by atoms with Gasteiger partial charge in [-0.25, -0.2) is 13.2 Å². The normalized spacial score (nSPS) is 16.9. The van der Waals surface area contributed by atoms with E-state index in [2.05, 4.69) is 15.0 Å². The van der Waals surface area contributed by atoms with Crippen molar-refractivity contribution in [2.24, 2.45) is 0 Å². The number of nitrogens with zero attached hydrogens (tertiary/aromatic N) is 3. The number of esters is 1. The van der Waals surface area contributed by atoms with Gasteiger partial charge in [-0.1, -0.05) is 6.07 Å². The van der Waals surface area contributed by atoms with E-state index in [1.165, 1.54) is 14.2 Å². The molecular formula is C28H27N5O5S2. The standard InChI is InChI=1S/C28H27N5O5S2/c1-37-24-14-13-20(17-22(24)31-40(3,35)36)33-26(25(30-28(33)39)21-7-4-5-15-29-21)23-8-6-16-32(23)19-11-9-18(10-12-19)27(34)38-2/h4-17,25-26,31H,1-3H3,(H,30,39)/t25-,26+/m0/s1. The van der Waals surface area contributed by atoms with Crippen LogP contribution in [0, 0.1) is 0 Å². The van der Waals surface area contributed by atoms with Crippen molar-refractivity contribution in [3.05, 3.63) is 102 Å². The number of sulfonamides is 1. The number of nitrogens with one attached hydrogen (secondary N) is 2. The van der Waals surface area contributed by atoms with Crippen LogP contribution in [-0.2, 0) is 14.8 Å². The molecular weight excluding hydrogens is 550 g/mol. The van der Waals surface area contributed by atoms with Crippen molar-refractivity contribution in [3.63, 3.8) is 0 Å². The van der Waals surface area contributed by atoms with Crippen LogP contribution in [0.2, 0.25) is 0 Å². The summed E-state index contributed by atoms with van der Waals surface area (Å²) >= 11 is 5.84. The summed E-state index contributed by atoms with van der Waals surface area (Å²) in [5.74, 6) is -0.0387. The fraction of sp³-hybridized carbons (Fsp3) is 0.179.